The fraction of sp³-hybridized carbons (Fsp3) is 0.500. The topological polar surface area (TPSA) is 86.8 Å². The average molecular weight is 264 g/mol. The molecule has 0 saturated heterocycles. The predicted octanol–water partition coefficient (Wildman–Crippen LogP) is 0.973. The number of amides is 1. The van der Waals surface area contributed by atoms with Crippen LogP contribution in [0.4, 0.5) is 4.79 Å². The maximum Gasteiger partial charge on any atom is 0.407 e. The van der Waals surface area contributed by atoms with Gasteiger partial charge in [0.25, 0.3) is 0 Å². The van der Waals surface area contributed by atoms with E-state index in [-0.39, 0.29) is 6.54 Å². The van der Waals surface area contributed by atoms with Crippen molar-refractivity contribution in [2.45, 2.75) is 38.5 Å². The largest absolute Gasteiger partial charge is 0.465 e. The second-order valence-corrected chi connectivity index (χ2v) is 4.94. The molecule has 0 bridgehead atoms. The van der Waals surface area contributed by atoms with Gasteiger partial charge in [0.1, 0.15) is 0 Å². The fourth-order valence-corrected chi connectivity index (χ4v) is 2.59. The van der Waals surface area contributed by atoms with Crippen LogP contribution in [0.15, 0.2) is 18.2 Å². The molecule has 1 aliphatic rings. The van der Waals surface area contributed by atoms with E-state index >= 15 is 0 Å². The Hall–Kier alpha value is -1.59. The van der Waals surface area contributed by atoms with E-state index in [9.17, 15) is 15.0 Å². The third-order valence-electron chi connectivity index (χ3n) is 3.78. The zero-order valence-electron chi connectivity index (χ0n) is 11.0. The Morgan fingerprint density at radius 1 is 1.53 bits per heavy atom. The molecule has 0 aliphatic carbocycles. The molecule has 2 rings (SSSR count). The van der Waals surface area contributed by atoms with Gasteiger partial charge in [-0.3, -0.25) is 4.90 Å². The van der Waals surface area contributed by atoms with Gasteiger partial charge in [-0.15, -0.1) is 0 Å². The summed E-state index contributed by atoms with van der Waals surface area (Å²) in [7, 11) is 0. The number of hydrogen-bond donors (Lipinski definition) is 3. The molecule has 1 aromatic rings. The van der Waals surface area contributed by atoms with Crippen LogP contribution < -0.4 is 5.73 Å². The molecule has 0 spiro atoms. The summed E-state index contributed by atoms with van der Waals surface area (Å²) in [5, 5.41) is 19.2. The first-order valence-electron chi connectivity index (χ1n) is 6.55. The molecular weight excluding hydrogens is 244 g/mol. The third-order valence-corrected chi connectivity index (χ3v) is 3.78. The quantitative estimate of drug-likeness (QED) is 0.759. The molecule has 4 N–H and O–H groups in total. The van der Waals surface area contributed by atoms with E-state index in [0.29, 0.717) is 13.0 Å². The van der Waals surface area contributed by atoms with E-state index in [1.807, 2.05) is 6.07 Å². The molecule has 2 atom stereocenters. The lowest BCUT2D eigenvalue weighted by Crippen LogP contribution is -2.52. The van der Waals surface area contributed by atoms with Crippen LogP contribution >= 0.6 is 0 Å². The molecule has 5 nitrogen and oxygen atoms in total. The van der Waals surface area contributed by atoms with Gasteiger partial charge >= 0.3 is 6.09 Å². The number of rotatable bonds is 3. The van der Waals surface area contributed by atoms with Crippen molar-refractivity contribution in [3.05, 3.63) is 34.9 Å². The minimum Gasteiger partial charge on any atom is -0.465 e. The molecule has 0 saturated carbocycles. The van der Waals surface area contributed by atoms with Crippen molar-refractivity contribution < 1.29 is 15.0 Å². The van der Waals surface area contributed by atoms with E-state index in [2.05, 4.69) is 19.1 Å². The summed E-state index contributed by atoms with van der Waals surface area (Å²) in [5.41, 5.74) is 8.79. The molecule has 0 fully saturated rings. The monoisotopic (exact) mass is 264 g/mol. The number of nitrogens with zero attached hydrogens (tertiary/aromatic N) is 1. The maximum absolute atomic E-state index is 11.3. The number of aliphatic hydroxyl groups excluding tert-OH is 1. The van der Waals surface area contributed by atoms with Gasteiger partial charge in [0, 0.05) is 13.1 Å². The highest BCUT2D eigenvalue weighted by Gasteiger charge is 2.33. The lowest BCUT2D eigenvalue weighted by molar-refractivity contribution is 0.0431. The number of aliphatic hydroxyl groups is 1. The summed E-state index contributed by atoms with van der Waals surface area (Å²) in [6.45, 7) is 2.46. The molecule has 1 amide bonds. The number of carbonyl (C=O) groups is 1. The molecule has 1 aliphatic heterocycles. The van der Waals surface area contributed by atoms with E-state index in [1.54, 1.807) is 0 Å². The predicted molar refractivity (Wildman–Crippen MR) is 71.9 cm³/mol. The van der Waals surface area contributed by atoms with Crippen LogP contribution in [0.1, 0.15) is 23.6 Å². The Labute approximate surface area is 112 Å². The molecule has 0 unspecified atom stereocenters. The van der Waals surface area contributed by atoms with Crippen LogP contribution in [-0.2, 0) is 19.4 Å². The third kappa shape index (κ3) is 2.72. The molecule has 5 heteroatoms. The Morgan fingerprint density at radius 3 is 2.84 bits per heavy atom. The summed E-state index contributed by atoms with van der Waals surface area (Å²) in [5.74, 6) is 0. The van der Waals surface area contributed by atoms with Crippen molar-refractivity contribution in [2.24, 2.45) is 5.73 Å². The number of benzene rings is 1. The van der Waals surface area contributed by atoms with Crippen molar-refractivity contribution >= 4 is 6.09 Å². The Balaban J connectivity index is 2.33. The summed E-state index contributed by atoms with van der Waals surface area (Å²) in [6, 6.07) is 5.68. The van der Waals surface area contributed by atoms with Gasteiger partial charge in [-0.05, 0) is 29.5 Å². The number of carboxylic acid groups (broad SMARTS) is 1. The van der Waals surface area contributed by atoms with E-state index in [4.69, 9.17) is 5.73 Å². The smallest absolute Gasteiger partial charge is 0.407 e. The van der Waals surface area contributed by atoms with Gasteiger partial charge in [0.05, 0.1) is 12.1 Å². The van der Waals surface area contributed by atoms with Crippen LogP contribution in [0.3, 0.4) is 0 Å². The molecule has 0 radical (unpaired) electrons. The molecule has 0 aromatic heterocycles. The minimum atomic E-state index is -1.01. The van der Waals surface area contributed by atoms with E-state index in [1.165, 1.54) is 10.5 Å². The van der Waals surface area contributed by atoms with Crippen LogP contribution in [0, 0.1) is 0 Å². The Bertz CT molecular complexity index is 476. The first kappa shape index (κ1) is 13.8. The molecular formula is C14H20N2O3. The fourth-order valence-electron chi connectivity index (χ4n) is 2.59. The van der Waals surface area contributed by atoms with Crippen molar-refractivity contribution in [1.29, 1.82) is 0 Å². The lowest BCUT2D eigenvalue weighted by Gasteiger charge is -2.37. The zero-order chi connectivity index (χ0) is 14.0. The standard InChI is InChI=1S/C14H20N2O3/c1-2-9-3-4-10-6-12(13(17)7-15)16(14(18)19)8-11(10)5-9/h3-5,12-13,17H,2,6-8,15H2,1H3,(H,18,19)/t12-,13+/m0/s1. The first-order chi connectivity index (χ1) is 9.06. The Kier molecular flexibility index (Phi) is 4.07. The highest BCUT2D eigenvalue weighted by atomic mass is 16.4. The maximum atomic E-state index is 11.3. The van der Waals surface area contributed by atoms with Gasteiger partial charge in [-0.2, -0.15) is 0 Å². The van der Waals surface area contributed by atoms with Crippen molar-refractivity contribution in [3.63, 3.8) is 0 Å². The molecule has 1 aromatic carbocycles. The second kappa shape index (κ2) is 5.59. The Morgan fingerprint density at radius 2 is 2.26 bits per heavy atom. The number of fused-ring (bicyclic) bond motifs is 1. The van der Waals surface area contributed by atoms with Crippen molar-refractivity contribution in [3.8, 4) is 0 Å². The van der Waals surface area contributed by atoms with Gasteiger partial charge in [-0.25, -0.2) is 4.79 Å². The first-order valence-corrected chi connectivity index (χ1v) is 6.55. The van der Waals surface area contributed by atoms with Crippen molar-refractivity contribution in [2.75, 3.05) is 6.54 Å². The number of aryl methyl sites for hydroxylation is 1. The highest BCUT2D eigenvalue weighted by Crippen LogP contribution is 2.26. The van der Waals surface area contributed by atoms with Crippen LogP contribution in [0.5, 0.6) is 0 Å². The summed E-state index contributed by atoms with van der Waals surface area (Å²) >= 11 is 0. The summed E-state index contributed by atoms with van der Waals surface area (Å²) < 4.78 is 0. The summed E-state index contributed by atoms with van der Waals surface area (Å²) in [6.07, 6.45) is -0.390. The molecule has 1 heterocycles. The van der Waals surface area contributed by atoms with Gasteiger partial charge < -0.3 is 15.9 Å². The molecule has 104 valence electrons. The van der Waals surface area contributed by atoms with Crippen LogP contribution in [0.25, 0.3) is 0 Å². The number of hydrogen-bond acceptors (Lipinski definition) is 3. The second-order valence-electron chi connectivity index (χ2n) is 4.94. The molecule has 19 heavy (non-hydrogen) atoms. The normalized spacial score (nSPS) is 19.9. The van der Waals surface area contributed by atoms with Crippen molar-refractivity contribution in [1.82, 2.24) is 4.90 Å². The van der Waals surface area contributed by atoms with E-state index in [0.717, 1.165) is 17.5 Å². The highest BCUT2D eigenvalue weighted by molar-refractivity contribution is 5.66. The lowest BCUT2D eigenvalue weighted by atomic mass is 9.90. The van der Waals surface area contributed by atoms with Crippen LogP contribution in [-0.4, -0.2) is 39.9 Å². The van der Waals surface area contributed by atoms with Gasteiger partial charge in [0.15, 0.2) is 0 Å². The average Bonchev–Trinajstić information content (AvgIpc) is 2.44. The zero-order valence-corrected chi connectivity index (χ0v) is 11.0. The SMILES string of the molecule is CCc1ccc2c(c1)CN(C(=O)O)[C@H]([C@H](O)CN)C2. The minimum absolute atomic E-state index is 0.0663. The van der Waals surface area contributed by atoms with Gasteiger partial charge in [-0.1, -0.05) is 25.1 Å². The van der Waals surface area contributed by atoms with Gasteiger partial charge in [0.2, 0.25) is 0 Å². The van der Waals surface area contributed by atoms with Crippen LogP contribution in [0.2, 0.25) is 0 Å². The summed E-state index contributed by atoms with van der Waals surface area (Å²) in [4.78, 5) is 12.6. The van der Waals surface area contributed by atoms with E-state index < -0.39 is 18.2 Å². The number of nitrogens with two attached hydrogens (primary N) is 1.